The Labute approximate surface area is 188 Å². The average Bonchev–Trinajstić information content (AvgIpc) is 3.06. The minimum Gasteiger partial charge on any atom is -0.477 e. The molecule has 1 N–H and O–H groups in total. The zero-order valence-electron chi connectivity index (χ0n) is 16.6. The number of nitro benzene ring substituents is 1. The van der Waals surface area contributed by atoms with Gasteiger partial charge in [0.05, 0.1) is 16.9 Å². The number of thiocarbonyl (C=S) groups is 1. The van der Waals surface area contributed by atoms with Crippen LogP contribution >= 0.6 is 24.0 Å². The number of ether oxygens (including phenoxy) is 1. The van der Waals surface area contributed by atoms with Crippen molar-refractivity contribution in [3.8, 4) is 0 Å². The first kappa shape index (κ1) is 21.5. The lowest BCUT2D eigenvalue weighted by Gasteiger charge is -2.44. The van der Waals surface area contributed by atoms with Gasteiger partial charge in [0.1, 0.15) is 17.7 Å². The first-order valence-corrected chi connectivity index (χ1v) is 11.0. The molecule has 0 spiro atoms. The second-order valence-corrected chi connectivity index (χ2v) is 9.00. The topological polar surface area (TPSA) is 92.9 Å². The van der Waals surface area contributed by atoms with E-state index in [2.05, 4.69) is 0 Å². The van der Waals surface area contributed by atoms with Gasteiger partial charge < -0.3 is 9.84 Å². The zero-order chi connectivity index (χ0) is 22.1. The van der Waals surface area contributed by atoms with E-state index in [1.165, 1.54) is 12.1 Å². The molecule has 1 saturated heterocycles. The second kappa shape index (κ2) is 8.78. The van der Waals surface area contributed by atoms with Gasteiger partial charge in [0, 0.05) is 23.5 Å². The number of carbonyl (C=O) groups is 1. The average molecular weight is 457 g/mol. The number of thioether (sulfide) groups is 1. The van der Waals surface area contributed by atoms with Gasteiger partial charge >= 0.3 is 0 Å². The fourth-order valence-electron chi connectivity index (χ4n) is 3.68. The third kappa shape index (κ3) is 4.21. The lowest BCUT2D eigenvalue weighted by molar-refractivity contribution is -0.384. The van der Waals surface area contributed by atoms with Gasteiger partial charge in [-0.1, -0.05) is 30.3 Å². The molecule has 0 bridgehead atoms. The Kier molecular flexibility index (Phi) is 6.08. The quantitative estimate of drug-likeness (QED) is 0.293. The third-order valence-electron chi connectivity index (χ3n) is 5.29. The molecule has 2 aromatic carbocycles. The van der Waals surface area contributed by atoms with Gasteiger partial charge in [0.2, 0.25) is 11.0 Å². The zero-order valence-corrected chi connectivity index (χ0v) is 18.3. The molecule has 7 nitrogen and oxygen atoms in total. The highest BCUT2D eigenvalue weighted by molar-refractivity contribution is 8.04. The van der Waals surface area contributed by atoms with Crippen molar-refractivity contribution in [2.45, 2.75) is 31.4 Å². The summed E-state index contributed by atoms with van der Waals surface area (Å²) in [5.41, 5.74) is 2.41. The van der Waals surface area contributed by atoms with Crippen LogP contribution in [0, 0.1) is 16.0 Å². The van der Waals surface area contributed by atoms with Crippen LogP contribution in [0.15, 0.2) is 65.2 Å². The maximum atomic E-state index is 12.7. The van der Waals surface area contributed by atoms with Crippen LogP contribution in [-0.4, -0.2) is 37.4 Å². The van der Waals surface area contributed by atoms with E-state index in [-0.39, 0.29) is 28.6 Å². The summed E-state index contributed by atoms with van der Waals surface area (Å²) in [6.07, 6.45) is -0.137. The van der Waals surface area contributed by atoms with E-state index in [1.807, 2.05) is 30.3 Å². The van der Waals surface area contributed by atoms with Gasteiger partial charge in [0.25, 0.3) is 5.69 Å². The Morgan fingerprint density at radius 3 is 2.52 bits per heavy atom. The molecule has 2 aliphatic rings. The van der Waals surface area contributed by atoms with Crippen LogP contribution in [0.1, 0.15) is 18.1 Å². The normalized spacial score (nSPS) is 20.8. The molecule has 0 aliphatic carbocycles. The summed E-state index contributed by atoms with van der Waals surface area (Å²) >= 11 is 7.08. The number of allylic oxidation sites excluding steroid dienone is 1. The van der Waals surface area contributed by atoms with Gasteiger partial charge in [-0.2, -0.15) is 0 Å². The maximum absolute atomic E-state index is 12.7. The molecule has 0 saturated carbocycles. The van der Waals surface area contributed by atoms with Gasteiger partial charge in [-0.25, -0.2) is 0 Å². The number of fused-ring (bicyclic) bond motifs is 1. The predicted octanol–water partition coefficient (Wildman–Crippen LogP) is 3.81. The standard InChI is InChI=1S/C22H20N2O5S2/c1-13(25)18-20(26)23-19(17(31-21(18)23)11-14-5-3-2-4-6-14)22(30)29-12-15-7-9-16(10-8-15)24(27)28/h2-10,13,18,21,25H,11-12H2,1H3/t13-,18+,21+/m0/s1. The summed E-state index contributed by atoms with van der Waals surface area (Å²) in [7, 11) is 0. The molecule has 0 radical (unpaired) electrons. The number of nitro groups is 1. The summed E-state index contributed by atoms with van der Waals surface area (Å²) in [4.78, 5) is 25.6. The molecule has 2 aromatic rings. The van der Waals surface area contributed by atoms with Crippen molar-refractivity contribution in [3.05, 3.63) is 86.4 Å². The van der Waals surface area contributed by atoms with Crippen LogP contribution < -0.4 is 0 Å². The number of hydrogen-bond donors (Lipinski definition) is 1. The van der Waals surface area contributed by atoms with Gasteiger partial charge in [0.15, 0.2) is 0 Å². The van der Waals surface area contributed by atoms with Crippen LogP contribution in [0.2, 0.25) is 0 Å². The Morgan fingerprint density at radius 1 is 1.23 bits per heavy atom. The van der Waals surface area contributed by atoms with Crippen LogP contribution in [0.25, 0.3) is 0 Å². The highest BCUT2D eigenvalue weighted by Crippen LogP contribution is 2.51. The van der Waals surface area contributed by atoms with Crippen molar-refractivity contribution in [3.63, 3.8) is 0 Å². The number of non-ortho nitro benzene ring substituents is 1. The molecule has 2 heterocycles. The van der Waals surface area contributed by atoms with Crippen molar-refractivity contribution in [2.75, 3.05) is 0 Å². The fraction of sp³-hybridized carbons (Fsp3) is 0.273. The van der Waals surface area contributed by atoms with E-state index in [1.54, 1.807) is 35.7 Å². The third-order valence-corrected chi connectivity index (χ3v) is 6.97. The van der Waals surface area contributed by atoms with Crippen molar-refractivity contribution in [1.82, 2.24) is 4.90 Å². The molecule has 31 heavy (non-hydrogen) atoms. The Hall–Kier alpha value is -2.75. The number of benzene rings is 2. The first-order valence-electron chi connectivity index (χ1n) is 9.72. The molecule has 0 aromatic heterocycles. The number of β-lactam (4-membered cyclic amide) rings is 1. The first-order chi connectivity index (χ1) is 14.9. The summed E-state index contributed by atoms with van der Waals surface area (Å²) in [6, 6.07) is 15.9. The molecule has 1 amide bonds. The van der Waals surface area contributed by atoms with E-state index in [9.17, 15) is 20.0 Å². The fourth-order valence-corrected chi connectivity index (χ4v) is 5.67. The molecule has 2 aliphatic heterocycles. The van der Waals surface area contributed by atoms with Gasteiger partial charge in [-0.05, 0) is 42.4 Å². The second-order valence-electron chi connectivity index (χ2n) is 7.42. The number of rotatable bonds is 7. The predicted molar refractivity (Wildman–Crippen MR) is 121 cm³/mol. The number of aliphatic hydroxyl groups is 1. The number of carbonyl (C=O) groups excluding carboxylic acids is 1. The molecule has 0 unspecified atom stereocenters. The molecular weight excluding hydrogens is 436 g/mol. The van der Waals surface area contributed by atoms with Crippen LogP contribution in [0.4, 0.5) is 5.69 Å². The van der Waals surface area contributed by atoms with Crippen LogP contribution in [0.3, 0.4) is 0 Å². The van der Waals surface area contributed by atoms with Crippen LogP contribution in [0.5, 0.6) is 0 Å². The van der Waals surface area contributed by atoms with E-state index in [0.717, 1.165) is 16.0 Å². The lowest BCUT2D eigenvalue weighted by Crippen LogP contribution is -2.60. The van der Waals surface area contributed by atoms with E-state index in [0.29, 0.717) is 12.1 Å². The van der Waals surface area contributed by atoms with Gasteiger partial charge in [-0.15, -0.1) is 11.8 Å². The number of amides is 1. The summed E-state index contributed by atoms with van der Waals surface area (Å²) < 4.78 is 5.81. The summed E-state index contributed by atoms with van der Waals surface area (Å²) in [5, 5.41) is 20.8. The Bertz CT molecular complexity index is 1050. The maximum Gasteiger partial charge on any atom is 0.269 e. The number of nitrogens with zero attached hydrogens (tertiary/aromatic N) is 2. The molecule has 4 rings (SSSR count). The molecule has 3 atom stereocenters. The minimum atomic E-state index is -0.742. The number of hydrogen-bond acceptors (Lipinski definition) is 7. The van der Waals surface area contributed by atoms with Crippen molar-refractivity contribution < 1.29 is 19.6 Å². The van der Waals surface area contributed by atoms with Crippen molar-refractivity contribution in [1.29, 1.82) is 0 Å². The van der Waals surface area contributed by atoms with Crippen molar-refractivity contribution in [2.24, 2.45) is 5.92 Å². The molecule has 9 heteroatoms. The van der Waals surface area contributed by atoms with Gasteiger partial charge in [-0.3, -0.25) is 19.8 Å². The SMILES string of the molecule is C[C@H](O)[C@@H]1C(=O)N2C(C(=S)OCc3ccc([N+](=O)[O-])cc3)=C(Cc3ccccc3)S[C@H]12. The van der Waals surface area contributed by atoms with E-state index >= 15 is 0 Å². The molecule has 1 fully saturated rings. The smallest absolute Gasteiger partial charge is 0.269 e. The molecular formula is C22H20N2O5S2. The van der Waals surface area contributed by atoms with Crippen molar-refractivity contribution >= 4 is 40.6 Å². The summed E-state index contributed by atoms with van der Waals surface area (Å²) in [5.74, 6) is -0.627. The minimum absolute atomic E-state index is 0.00422. The highest BCUT2D eigenvalue weighted by atomic mass is 32.2. The van der Waals surface area contributed by atoms with Crippen LogP contribution in [-0.2, 0) is 22.6 Å². The van der Waals surface area contributed by atoms with E-state index in [4.69, 9.17) is 17.0 Å². The molecule has 160 valence electrons. The lowest BCUT2D eigenvalue weighted by atomic mass is 9.92. The Balaban J connectivity index is 1.54. The monoisotopic (exact) mass is 456 g/mol. The largest absolute Gasteiger partial charge is 0.477 e. The number of aliphatic hydroxyl groups excluding tert-OH is 1. The summed E-state index contributed by atoms with van der Waals surface area (Å²) in [6.45, 7) is 1.76. The van der Waals surface area contributed by atoms with E-state index < -0.39 is 16.9 Å². The highest BCUT2D eigenvalue weighted by Gasteiger charge is 2.56. The Morgan fingerprint density at radius 2 is 1.90 bits per heavy atom.